The zero-order valence-electron chi connectivity index (χ0n) is 36.6. The fraction of sp³-hybridized carbons (Fsp3) is 0.750. The number of methoxy groups -OCH3 is 3. The van der Waals surface area contributed by atoms with E-state index in [2.05, 4.69) is 0 Å². The number of carbonyl (C=O) groups excluding carboxylic acids is 1. The molecule has 3 heterocycles. The summed E-state index contributed by atoms with van der Waals surface area (Å²) in [5.41, 5.74) is 2.64. The summed E-state index contributed by atoms with van der Waals surface area (Å²) in [6.07, 6.45) is -1.36. The molecule has 1 unspecified atom stereocenters. The average molecular weight is 841 g/mol. The van der Waals surface area contributed by atoms with Crippen molar-refractivity contribution in [2.75, 3.05) is 34.5 Å². The summed E-state index contributed by atoms with van der Waals surface area (Å²) in [5, 5.41) is 79.2. The summed E-state index contributed by atoms with van der Waals surface area (Å²) in [6, 6.07) is 0. The van der Waals surface area contributed by atoms with E-state index in [0.717, 1.165) is 16.7 Å². The summed E-state index contributed by atoms with van der Waals surface area (Å²) in [7, 11) is 4.21. The van der Waals surface area contributed by atoms with Gasteiger partial charge in [0.15, 0.2) is 12.1 Å². The lowest BCUT2D eigenvalue weighted by Crippen LogP contribution is -2.66. The highest BCUT2D eigenvalue weighted by molar-refractivity contribution is 5.88. The van der Waals surface area contributed by atoms with Crippen LogP contribution < -0.4 is 0 Å². The van der Waals surface area contributed by atoms with Gasteiger partial charge in [-0.3, -0.25) is 0 Å². The molecule has 2 fully saturated rings. The van der Waals surface area contributed by atoms with Gasteiger partial charge in [-0.2, -0.15) is 0 Å². The van der Waals surface area contributed by atoms with Gasteiger partial charge in [0.1, 0.15) is 24.4 Å². The van der Waals surface area contributed by atoms with Crippen molar-refractivity contribution in [3.8, 4) is 0 Å². The molecule has 0 saturated carbocycles. The van der Waals surface area contributed by atoms with Gasteiger partial charge in [0.25, 0.3) is 0 Å². The molecule has 59 heavy (non-hydrogen) atoms. The van der Waals surface area contributed by atoms with E-state index in [0.29, 0.717) is 6.42 Å². The molecule has 15 heteroatoms. The summed E-state index contributed by atoms with van der Waals surface area (Å²) < 4.78 is 40.3. The van der Waals surface area contributed by atoms with Crippen LogP contribution in [0.25, 0.3) is 0 Å². The zero-order chi connectivity index (χ0) is 44.4. The van der Waals surface area contributed by atoms with E-state index in [-0.39, 0.29) is 30.9 Å². The molecular weight excluding hydrogens is 768 g/mol. The van der Waals surface area contributed by atoms with Gasteiger partial charge in [-0.15, -0.1) is 0 Å². The number of hydrogen-bond acceptors (Lipinski definition) is 15. The lowest BCUT2D eigenvalue weighted by Gasteiger charge is -2.52. The lowest BCUT2D eigenvalue weighted by molar-refractivity contribution is -0.363. The zero-order valence-corrected chi connectivity index (χ0v) is 36.6. The Hall–Kier alpha value is -2.35. The maximum Gasteiger partial charge on any atom is 0.333 e. The van der Waals surface area contributed by atoms with Crippen LogP contribution in [0.4, 0.5) is 0 Å². The predicted octanol–water partition coefficient (Wildman–Crippen LogP) is 2.64. The minimum absolute atomic E-state index is 0.00527. The Kier molecular flexibility index (Phi) is 20.1. The van der Waals surface area contributed by atoms with E-state index in [1.54, 1.807) is 26.8 Å². The normalized spacial score (nSPS) is 39.9. The van der Waals surface area contributed by atoms with Crippen LogP contribution in [0.5, 0.6) is 0 Å². The van der Waals surface area contributed by atoms with Crippen LogP contribution in [0, 0.1) is 23.7 Å². The van der Waals surface area contributed by atoms with Crippen molar-refractivity contribution in [2.24, 2.45) is 23.7 Å². The molecule has 2 saturated heterocycles. The molecule has 3 aliphatic heterocycles. The van der Waals surface area contributed by atoms with Crippen molar-refractivity contribution >= 4 is 5.97 Å². The van der Waals surface area contributed by atoms with Crippen molar-refractivity contribution in [3.05, 3.63) is 58.7 Å². The Morgan fingerprint density at radius 3 is 2.17 bits per heavy atom. The number of hydrogen-bond donors (Lipinski definition) is 7. The van der Waals surface area contributed by atoms with E-state index in [1.165, 1.54) is 28.3 Å². The van der Waals surface area contributed by atoms with Crippen molar-refractivity contribution in [3.63, 3.8) is 0 Å². The van der Waals surface area contributed by atoms with Crippen LogP contribution in [0.3, 0.4) is 0 Å². The fourth-order valence-corrected chi connectivity index (χ4v) is 8.35. The standard InChI is InChI=1S/C44H72O15/c1-23-13-12-14-33(46)40(55-11)32(41(50)44(52)29(7)36(47)28(6)35(59-44)20-31(45)21-53-9)22-56-42(51)27(5)19-25(3)17-24(2)18-26(4)34(16-15-23)58-43-38(49)37(48)39(54-10)30(8)57-43/h13,15-19,26,28-41,43,45-50,52H,12,14,20-22H2,1-11H3/t26-,28+,29-,30+,31-,32?,33+,34-,35-,36+,37+,38+,39+,40+,41-,43+,44-/m1/s1. The highest BCUT2D eigenvalue weighted by Gasteiger charge is 2.57. The molecule has 0 spiro atoms. The maximum absolute atomic E-state index is 13.5. The predicted molar refractivity (Wildman–Crippen MR) is 219 cm³/mol. The number of esters is 1. The number of carbonyl (C=O) groups is 1. The molecule has 0 aromatic rings. The third kappa shape index (κ3) is 13.3. The largest absolute Gasteiger partial charge is 0.462 e. The van der Waals surface area contributed by atoms with Gasteiger partial charge in [-0.25, -0.2) is 4.79 Å². The van der Waals surface area contributed by atoms with Crippen LogP contribution in [0.2, 0.25) is 0 Å². The van der Waals surface area contributed by atoms with Gasteiger partial charge >= 0.3 is 5.97 Å². The molecule has 17 atom stereocenters. The number of ether oxygens (including phenoxy) is 7. The molecule has 15 nitrogen and oxygen atoms in total. The monoisotopic (exact) mass is 840 g/mol. The second kappa shape index (κ2) is 23.2. The first-order valence-electron chi connectivity index (χ1n) is 20.6. The summed E-state index contributed by atoms with van der Waals surface area (Å²) in [4.78, 5) is 13.5. The van der Waals surface area contributed by atoms with Gasteiger partial charge in [0.2, 0.25) is 0 Å². The molecule has 3 rings (SSSR count). The molecule has 338 valence electrons. The minimum Gasteiger partial charge on any atom is -0.462 e. The first-order chi connectivity index (χ1) is 27.7. The topological polar surface area (TPSA) is 223 Å². The van der Waals surface area contributed by atoms with Gasteiger partial charge in [0, 0.05) is 51.1 Å². The summed E-state index contributed by atoms with van der Waals surface area (Å²) in [5.74, 6) is -6.20. The molecule has 0 amide bonds. The first kappa shape index (κ1) is 51.0. The average Bonchev–Trinajstić information content (AvgIpc) is 3.17. The van der Waals surface area contributed by atoms with Crippen molar-refractivity contribution < 1.29 is 73.7 Å². The first-order valence-corrected chi connectivity index (χ1v) is 20.6. The second-order valence-electron chi connectivity index (χ2n) is 16.7. The molecule has 0 bridgehead atoms. The van der Waals surface area contributed by atoms with Gasteiger partial charge in [0.05, 0.1) is 61.9 Å². The van der Waals surface area contributed by atoms with Gasteiger partial charge in [-0.05, 0) is 53.5 Å². The van der Waals surface area contributed by atoms with E-state index in [1.807, 2.05) is 58.1 Å². The second-order valence-corrected chi connectivity index (χ2v) is 16.7. The third-order valence-corrected chi connectivity index (χ3v) is 11.9. The molecule has 0 radical (unpaired) electrons. The molecule has 3 aliphatic rings. The van der Waals surface area contributed by atoms with Crippen LogP contribution in [0.15, 0.2) is 58.7 Å². The molecule has 7 N–H and O–H groups in total. The third-order valence-electron chi connectivity index (χ3n) is 11.9. The highest BCUT2D eigenvalue weighted by atomic mass is 16.7. The van der Waals surface area contributed by atoms with E-state index < -0.39 is 110 Å². The number of rotatable bonds is 10. The molecule has 0 aliphatic carbocycles. The van der Waals surface area contributed by atoms with Crippen LogP contribution >= 0.6 is 0 Å². The van der Waals surface area contributed by atoms with Crippen LogP contribution in [-0.2, 0) is 38.0 Å². The van der Waals surface area contributed by atoms with Gasteiger partial charge in [-0.1, -0.05) is 67.9 Å². The van der Waals surface area contributed by atoms with E-state index in [4.69, 9.17) is 33.2 Å². The summed E-state index contributed by atoms with van der Waals surface area (Å²) in [6.45, 7) is 13.6. The smallest absolute Gasteiger partial charge is 0.333 e. The maximum atomic E-state index is 13.5. The molecule has 0 aromatic carbocycles. The lowest BCUT2D eigenvalue weighted by atomic mass is 9.74. The number of cyclic esters (lactones) is 1. The van der Waals surface area contributed by atoms with Crippen molar-refractivity contribution in [1.29, 1.82) is 0 Å². The molecule has 0 aromatic heterocycles. The Morgan fingerprint density at radius 1 is 0.881 bits per heavy atom. The van der Waals surface area contributed by atoms with Crippen LogP contribution in [-0.4, -0.2) is 155 Å². The van der Waals surface area contributed by atoms with E-state index >= 15 is 0 Å². The van der Waals surface area contributed by atoms with Crippen molar-refractivity contribution in [2.45, 2.75) is 154 Å². The molecular formula is C44H72O15. The number of allylic oxidation sites excluding steroid dienone is 7. The van der Waals surface area contributed by atoms with Crippen molar-refractivity contribution in [1.82, 2.24) is 0 Å². The number of aliphatic hydroxyl groups is 7. The highest BCUT2D eigenvalue weighted by Crippen LogP contribution is 2.42. The Morgan fingerprint density at radius 2 is 1.54 bits per heavy atom. The van der Waals surface area contributed by atoms with Crippen LogP contribution in [0.1, 0.15) is 74.7 Å². The Labute approximate surface area is 349 Å². The number of aliphatic hydroxyl groups excluding tert-OH is 6. The minimum atomic E-state index is -2.41. The van der Waals surface area contributed by atoms with Gasteiger partial charge < -0.3 is 68.9 Å². The Balaban J connectivity index is 2.02. The summed E-state index contributed by atoms with van der Waals surface area (Å²) >= 11 is 0. The van der Waals surface area contributed by atoms with E-state index in [9.17, 15) is 40.5 Å². The SMILES string of the molecule is COC[C@H](O)C[C@H]1O[C@@](O)([C@H](O)C2COC(=O)C(C)=CC(C)=CC(C)=C[C@@H](C)[C@H](O[C@@H]3O[C@@H](C)[C@H](OC)[C@@H](O)[C@@H]3O)C=CC(C)=CCC[C@H](O)[C@H]2OC)[C@H](C)[C@@H](O)[C@H]1C. The fourth-order valence-electron chi connectivity index (χ4n) is 8.35. The quantitative estimate of drug-likeness (QED) is 0.157. The Bertz CT molecular complexity index is 1490.